The van der Waals surface area contributed by atoms with Crippen LogP contribution in [0.2, 0.25) is 0 Å². The van der Waals surface area contributed by atoms with E-state index < -0.39 is 29.4 Å². The van der Waals surface area contributed by atoms with E-state index in [0.717, 1.165) is 5.01 Å². The maximum Gasteiger partial charge on any atom is 0.429 e. The van der Waals surface area contributed by atoms with Crippen LogP contribution in [0.4, 0.5) is 9.59 Å². The lowest BCUT2D eigenvalue weighted by molar-refractivity contribution is -0.0109. The van der Waals surface area contributed by atoms with Gasteiger partial charge in [0, 0.05) is 6.20 Å². The predicted octanol–water partition coefficient (Wildman–Crippen LogP) is 4.21. The first-order chi connectivity index (χ1) is 11.4. The molecule has 140 valence electrons. The molecule has 0 aromatic carbocycles. The maximum absolute atomic E-state index is 12.6. The second-order valence-electron chi connectivity index (χ2n) is 7.64. The fourth-order valence-corrected chi connectivity index (χ4v) is 2.06. The van der Waals surface area contributed by atoms with Gasteiger partial charge in [0.2, 0.25) is 0 Å². The van der Waals surface area contributed by atoms with E-state index in [9.17, 15) is 9.59 Å². The molecule has 25 heavy (non-hydrogen) atoms. The number of pyridine rings is 1. The zero-order valence-electron chi connectivity index (χ0n) is 16.1. The minimum Gasteiger partial charge on any atom is -0.443 e. The van der Waals surface area contributed by atoms with Gasteiger partial charge in [0.15, 0.2) is 0 Å². The molecule has 1 rings (SSSR count). The number of nitrogens with one attached hydrogen (secondary N) is 1. The molecule has 1 N–H and O–H groups in total. The van der Waals surface area contributed by atoms with Gasteiger partial charge >= 0.3 is 12.2 Å². The Morgan fingerprint density at radius 3 is 2.16 bits per heavy atom. The number of amides is 2. The van der Waals surface area contributed by atoms with Crippen LogP contribution in [0.15, 0.2) is 24.4 Å². The van der Waals surface area contributed by atoms with Crippen molar-refractivity contribution in [3.8, 4) is 0 Å². The number of carbonyl (C=O) groups excluding carboxylic acids is 2. The first-order valence-corrected chi connectivity index (χ1v) is 8.35. The third kappa shape index (κ3) is 7.41. The molecule has 7 heteroatoms. The summed E-state index contributed by atoms with van der Waals surface area (Å²) >= 11 is 0. The molecular weight excluding hydrogens is 322 g/mol. The fraction of sp³-hybridized carbons (Fsp3) is 0.611. The van der Waals surface area contributed by atoms with E-state index in [1.807, 2.05) is 13.0 Å². The number of hydrogen-bond donors (Lipinski definition) is 1. The smallest absolute Gasteiger partial charge is 0.429 e. The Balaban J connectivity index is 3.09. The number of aromatic nitrogens is 1. The Hall–Kier alpha value is -2.31. The minimum atomic E-state index is -0.729. The van der Waals surface area contributed by atoms with Crippen LogP contribution in [0, 0.1) is 0 Å². The molecule has 0 aliphatic rings. The summed E-state index contributed by atoms with van der Waals surface area (Å²) in [7, 11) is 0. The molecule has 1 atom stereocenters. The zero-order chi connectivity index (χ0) is 19.3. The van der Waals surface area contributed by atoms with Crippen molar-refractivity contribution in [2.24, 2.45) is 0 Å². The van der Waals surface area contributed by atoms with E-state index in [2.05, 4.69) is 10.4 Å². The summed E-state index contributed by atoms with van der Waals surface area (Å²) in [6.07, 6.45) is 0.772. The van der Waals surface area contributed by atoms with Gasteiger partial charge in [-0.3, -0.25) is 4.98 Å². The fourth-order valence-electron chi connectivity index (χ4n) is 2.06. The monoisotopic (exact) mass is 351 g/mol. The van der Waals surface area contributed by atoms with Crippen LogP contribution in [0.25, 0.3) is 0 Å². The normalized spacial score (nSPS) is 12.9. The minimum absolute atomic E-state index is 0.483. The molecule has 1 heterocycles. The van der Waals surface area contributed by atoms with E-state index in [4.69, 9.17) is 9.47 Å². The summed E-state index contributed by atoms with van der Waals surface area (Å²) in [5, 5.41) is 1.14. The van der Waals surface area contributed by atoms with Gasteiger partial charge in [0.1, 0.15) is 11.2 Å². The van der Waals surface area contributed by atoms with Crippen LogP contribution in [0.5, 0.6) is 0 Å². The largest absolute Gasteiger partial charge is 0.443 e. The average molecular weight is 351 g/mol. The molecule has 0 radical (unpaired) electrons. The van der Waals surface area contributed by atoms with Crippen LogP contribution in [0.3, 0.4) is 0 Å². The van der Waals surface area contributed by atoms with Crippen LogP contribution in [0.1, 0.15) is 66.6 Å². The topological polar surface area (TPSA) is 80.8 Å². The molecule has 0 saturated heterocycles. The summed E-state index contributed by atoms with van der Waals surface area (Å²) < 4.78 is 10.7. The van der Waals surface area contributed by atoms with Crippen LogP contribution < -0.4 is 5.43 Å². The van der Waals surface area contributed by atoms with Gasteiger partial charge in [0.25, 0.3) is 0 Å². The standard InChI is InChI=1S/C18H29N3O4/c1-8-14(13-11-9-10-12-19-13)21(16(23)25-18(5,6)7)20-15(22)24-17(2,3)4/h9-12,14H,8H2,1-7H3,(H,20,22). The van der Waals surface area contributed by atoms with Crippen molar-refractivity contribution in [2.45, 2.75) is 72.1 Å². The molecule has 0 aliphatic carbocycles. The van der Waals surface area contributed by atoms with Crippen LogP contribution >= 0.6 is 0 Å². The molecule has 1 unspecified atom stereocenters. The lowest BCUT2D eigenvalue weighted by atomic mass is 10.1. The van der Waals surface area contributed by atoms with Gasteiger partial charge in [-0.05, 0) is 60.1 Å². The molecule has 0 spiro atoms. The number of carbonyl (C=O) groups is 2. The number of hydrogen-bond acceptors (Lipinski definition) is 5. The lowest BCUT2D eigenvalue weighted by Gasteiger charge is -2.33. The van der Waals surface area contributed by atoms with Gasteiger partial charge in [-0.25, -0.2) is 20.0 Å². The average Bonchev–Trinajstić information content (AvgIpc) is 2.44. The highest BCUT2D eigenvalue weighted by atomic mass is 16.6. The molecular formula is C18H29N3O4. The van der Waals surface area contributed by atoms with E-state index in [1.165, 1.54) is 0 Å². The third-order valence-electron chi connectivity index (χ3n) is 2.93. The van der Waals surface area contributed by atoms with Crippen molar-refractivity contribution in [2.75, 3.05) is 0 Å². The number of rotatable bonds is 3. The predicted molar refractivity (Wildman–Crippen MR) is 94.7 cm³/mol. The number of nitrogens with zero attached hydrogens (tertiary/aromatic N) is 2. The molecule has 1 aromatic rings. The molecule has 0 fully saturated rings. The lowest BCUT2D eigenvalue weighted by Crippen LogP contribution is -2.51. The molecule has 2 amide bonds. The SMILES string of the molecule is CCC(c1ccccn1)N(NC(=O)OC(C)(C)C)C(=O)OC(C)(C)C. The summed E-state index contributed by atoms with van der Waals surface area (Å²) in [5.41, 5.74) is 1.76. The van der Waals surface area contributed by atoms with E-state index in [-0.39, 0.29) is 0 Å². The van der Waals surface area contributed by atoms with E-state index in [0.29, 0.717) is 12.1 Å². The molecule has 0 aliphatic heterocycles. The van der Waals surface area contributed by atoms with E-state index >= 15 is 0 Å². The summed E-state index contributed by atoms with van der Waals surface area (Å²) in [6, 6.07) is 4.92. The Morgan fingerprint density at radius 2 is 1.72 bits per heavy atom. The molecule has 0 bridgehead atoms. The van der Waals surface area contributed by atoms with Gasteiger partial charge in [-0.15, -0.1) is 0 Å². The maximum atomic E-state index is 12.6. The second kappa shape index (κ2) is 8.18. The molecule has 0 saturated carbocycles. The first kappa shape index (κ1) is 20.7. The summed E-state index contributed by atoms with van der Waals surface area (Å²) in [4.78, 5) is 29.1. The first-order valence-electron chi connectivity index (χ1n) is 8.35. The quantitative estimate of drug-likeness (QED) is 0.825. The Bertz CT molecular complexity index is 576. The Kier molecular flexibility index (Phi) is 6.78. The third-order valence-corrected chi connectivity index (χ3v) is 2.93. The van der Waals surface area contributed by atoms with Gasteiger partial charge in [0.05, 0.1) is 11.7 Å². The second-order valence-corrected chi connectivity index (χ2v) is 7.64. The van der Waals surface area contributed by atoms with Gasteiger partial charge in [-0.1, -0.05) is 13.0 Å². The van der Waals surface area contributed by atoms with Crippen molar-refractivity contribution >= 4 is 12.2 Å². The molecule has 7 nitrogen and oxygen atoms in total. The zero-order valence-corrected chi connectivity index (χ0v) is 16.1. The van der Waals surface area contributed by atoms with Gasteiger partial charge in [-0.2, -0.15) is 0 Å². The van der Waals surface area contributed by atoms with Crippen molar-refractivity contribution in [1.82, 2.24) is 15.4 Å². The van der Waals surface area contributed by atoms with Crippen molar-refractivity contribution in [3.05, 3.63) is 30.1 Å². The van der Waals surface area contributed by atoms with Crippen LogP contribution in [-0.4, -0.2) is 33.4 Å². The van der Waals surface area contributed by atoms with Crippen molar-refractivity contribution in [1.29, 1.82) is 0 Å². The van der Waals surface area contributed by atoms with Crippen molar-refractivity contribution < 1.29 is 19.1 Å². The van der Waals surface area contributed by atoms with Gasteiger partial charge < -0.3 is 9.47 Å². The highest BCUT2D eigenvalue weighted by Crippen LogP contribution is 2.23. The summed E-state index contributed by atoms with van der Waals surface area (Å²) in [5.74, 6) is 0. The van der Waals surface area contributed by atoms with E-state index in [1.54, 1.807) is 59.9 Å². The summed E-state index contributed by atoms with van der Waals surface area (Å²) in [6.45, 7) is 12.4. The highest BCUT2D eigenvalue weighted by Gasteiger charge is 2.32. The Morgan fingerprint density at radius 1 is 1.12 bits per heavy atom. The van der Waals surface area contributed by atoms with Crippen molar-refractivity contribution in [3.63, 3.8) is 0 Å². The molecule has 1 aromatic heterocycles. The highest BCUT2D eigenvalue weighted by molar-refractivity contribution is 5.74. The van der Waals surface area contributed by atoms with Crippen LogP contribution in [-0.2, 0) is 9.47 Å². The number of ether oxygens (including phenoxy) is 2. The number of hydrazine groups is 1. The Labute approximate surface area is 149 Å².